The first-order valence-corrected chi connectivity index (χ1v) is 7.49. The van der Waals surface area contributed by atoms with Gasteiger partial charge in [-0.25, -0.2) is 24.4 Å². The van der Waals surface area contributed by atoms with Crippen LogP contribution in [0.3, 0.4) is 0 Å². The van der Waals surface area contributed by atoms with E-state index in [9.17, 15) is 29.4 Å². The summed E-state index contributed by atoms with van der Waals surface area (Å²) in [4.78, 5) is 50.8. The number of hydrogen-bond acceptors (Lipinski definition) is 5. The number of carboxylic acid groups (broad SMARTS) is 3. The van der Waals surface area contributed by atoms with Crippen LogP contribution in [-0.2, 0) is 4.79 Å². The molecular weight excluding hydrogens is 348 g/mol. The van der Waals surface area contributed by atoms with Crippen molar-refractivity contribution in [1.29, 1.82) is 0 Å². The molecule has 0 saturated carbocycles. The van der Waals surface area contributed by atoms with Gasteiger partial charge < -0.3 is 20.6 Å². The van der Waals surface area contributed by atoms with E-state index in [-0.39, 0.29) is 30.3 Å². The average molecular weight is 364 g/mol. The maximum atomic E-state index is 11.9. The van der Waals surface area contributed by atoms with Crippen LogP contribution in [0.2, 0.25) is 0 Å². The highest BCUT2D eigenvalue weighted by Crippen LogP contribution is 2.19. The predicted octanol–water partition coefficient (Wildman–Crippen LogP) is 0.852. The number of nitrogens with zero attached hydrogens (tertiary/aromatic N) is 3. The van der Waals surface area contributed by atoms with Gasteiger partial charge in [0.25, 0.3) is 5.91 Å². The molecular formula is C15H16N4O7. The van der Waals surface area contributed by atoms with Crippen LogP contribution in [0.4, 0.5) is 15.3 Å². The van der Waals surface area contributed by atoms with E-state index in [1.165, 1.54) is 24.3 Å². The van der Waals surface area contributed by atoms with E-state index in [2.05, 4.69) is 10.3 Å². The molecule has 138 valence electrons. The molecule has 0 unspecified atom stereocenters. The molecule has 0 aromatic heterocycles. The SMILES string of the molecule is O=C(O)CNC(=O)c1cccc(N=C2N(C(=O)O)CCCN2C(=O)O)c1. The predicted molar refractivity (Wildman–Crippen MR) is 87.6 cm³/mol. The van der Waals surface area contributed by atoms with Crippen LogP contribution < -0.4 is 5.32 Å². The molecule has 1 aromatic carbocycles. The number of carbonyl (C=O) groups excluding carboxylic acids is 1. The molecule has 1 saturated heterocycles. The lowest BCUT2D eigenvalue weighted by Gasteiger charge is -2.33. The van der Waals surface area contributed by atoms with Gasteiger partial charge in [-0.1, -0.05) is 6.07 Å². The standard InChI is InChI=1S/C15H16N4O7/c20-11(21)8-16-12(22)9-3-1-4-10(7-9)17-13-18(14(23)24)5-2-6-19(13)15(25)26/h1,3-4,7H,2,5-6,8H2,(H,16,22)(H,20,21)(H,23,24)(H,25,26). The smallest absolute Gasteiger partial charge is 0.414 e. The fourth-order valence-electron chi connectivity index (χ4n) is 2.31. The number of aliphatic imine (C=N–C) groups is 1. The second-order valence-corrected chi connectivity index (χ2v) is 5.26. The Balaban J connectivity index is 2.34. The zero-order valence-corrected chi connectivity index (χ0v) is 13.5. The number of guanidine groups is 1. The summed E-state index contributed by atoms with van der Waals surface area (Å²) in [6.07, 6.45) is -2.36. The Bertz CT molecular complexity index is 753. The third-order valence-corrected chi connectivity index (χ3v) is 3.45. The Morgan fingerprint density at radius 2 is 1.65 bits per heavy atom. The molecule has 4 N–H and O–H groups in total. The molecule has 0 spiro atoms. The van der Waals surface area contributed by atoms with Crippen LogP contribution in [0.15, 0.2) is 29.3 Å². The molecule has 0 atom stereocenters. The first kappa shape index (κ1) is 18.7. The number of carboxylic acids is 1. The molecule has 1 heterocycles. The fourth-order valence-corrected chi connectivity index (χ4v) is 2.31. The van der Waals surface area contributed by atoms with Gasteiger partial charge in [0.05, 0.1) is 5.69 Å². The van der Waals surface area contributed by atoms with E-state index < -0.39 is 30.6 Å². The minimum absolute atomic E-state index is 0.0940. The van der Waals surface area contributed by atoms with Crippen LogP contribution in [0.5, 0.6) is 0 Å². The molecule has 0 bridgehead atoms. The van der Waals surface area contributed by atoms with Crippen molar-refractivity contribution in [2.75, 3.05) is 19.6 Å². The van der Waals surface area contributed by atoms with Crippen LogP contribution in [0.1, 0.15) is 16.8 Å². The van der Waals surface area contributed by atoms with Crippen molar-refractivity contribution in [1.82, 2.24) is 15.1 Å². The normalized spacial score (nSPS) is 13.9. The number of hydrogen-bond donors (Lipinski definition) is 4. The van der Waals surface area contributed by atoms with Gasteiger partial charge in [-0.05, 0) is 24.6 Å². The maximum Gasteiger partial charge on any atom is 0.414 e. The van der Waals surface area contributed by atoms with Crippen molar-refractivity contribution in [2.45, 2.75) is 6.42 Å². The largest absolute Gasteiger partial charge is 0.480 e. The third kappa shape index (κ3) is 4.47. The number of benzene rings is 1. The number of rotatable bonds is 4. The lowest BCUT2D eigenvalue weighted by molar-refractivity contribution is -0.135. The van der Waals surface area contributed by atoms with Gasteiger partial charge >= 0.3 is 18.2 Å². The molecule has 0 radical (unpaired) electrons. The summed E-state index contributed by atoms with van der Waals surface area (Å²) in [5.74, 6) is -2.13. The first-order valence-electron chi connectivity index (χ1n) is 7.49. The molecule has 11 heteroatoms. The average Bonchev–Trinajstić information content (AvgIpc) is 2.59. The lowest BCUT2D eigenvalue weighted by Crippen LogP contribution is -2.53. The van der Waals surface area contributed by atoms with Crippen LogP contribution >= 0.6 is 0 Å². The quantitative estimate of drug-likeness (QED) is 0.616. The summed E-state index contributed by atoms with van der Waals surface area (Å²) in [6, 6.07) is 5.66. The van der Waals surface area contributed by atoms with Gasteiger partial charge in [0, 0.05) is 18.7 Å². The third-order valence-electron chi connectivity index (χ3n) is 3.45. The second kappa shape index (κ2) is 7.96. The van der Waals surface area contributed by atoms with Gasteiger partial charge in [0.2, 0.25) is 5.96 Å². The number of carbonyl (C=O) groups is 4. The van der Waals surface area contributed by atoms with Crippen molar-refractivity contribution >= 4 is 35.7 Å². The zero-order chi connectivity index (χ0) is 19.3. The molecule has 0 aliphatic carbocycles. The van der Waals surface area contributed by atoms with E-state index in [0.717, 1.165) is 9.80 Å². The van der Waals surface area contributed by atoms with Gasteiger partial charge in [0.1, 0.15) is 6.54 Å². The van der Waals surface area contributed by atoms with E-state index >= 15 is 0 Å². The van der Waals surface area contributed by atoms with Crippen molar-refractivity contribution in [2.24, 2.45) is 4.99 Å². The number of nitrogens with one attached hydrogen (secondary N) is 1. The summed E-state index contributed by atoms with van der Waals surface area (Å²) < 4.78 is 0. The summed E-state index contributed by atoms with van der Waals surface area (Å²) in [6.45, 7) is -0.370. The Kier molecular flexibility index (Phi) is 5.73. The van der Waals surface area contributed by atoms with Crippen molar-refractivity contribution < 1.29 is 34.5 Å². The van der Waals surface area contributed by atoms with Crippen LogP contribution in [-0.4, -0.2) is 74.8 Å². The van der Waals surface area contributed by atoms with E-state index in [4.69, 9.17) is 5.11 Å². The zero-order valence-electron chi connectivity index (χ0n) is 13.5. The fraction of sp³-hybridized carbons (Fsp3) is 0.267. The molecule has 26 heavy (non-hydrogen) atoms. The molecule has 1 aliphatic heterocycles. The minimum Gasteiger partial charge on any atom is -0.480 e. The molecule has 1 fully saturated rings. The summed E-state index contributed by atoms with van der Waals surface area (Å²) in [5.41, 5.74) is 0.259. The Morgan fingerprint density at radius 3 is 2.19 bits per heavy atom. The van der Waals surface area contributed by atoms with Crippen molar-refractivity contribution in [3.8, 4) is 0 Å². The monoisotopic (exact) mass is 364 g/mol. The first-order chi connectivity index (χ1) is 12.3. The van der Waals surface area contributed by atoms with Gasteiger partial charge in [-0.3, -0.25) is 9.59 Å². The van der Waals surface area contributed by atoms with E-state index in [1.54, 1.807) is 0 Å². The van der Waals surface area contributed by atoms with Gasteiger partial charge in [-0.2, -0.15) is 0 Å². The number of amides is 3. The molecule has 1 aliphatic rings. The van der Waals surface area contributed by atoms with Gasteiger partial charge in [-0.15, -0.1) is 0 Å². The number of aliphatic carboxylic acids is 1. The topological polar surface area (TPSA) is 160 Å². The minimum atomic E-state index is -1.34. The van der Waals surface area contributed by atoms with Gasteiger partial charge in [0.15, 0.2) is 0 Å². The Morgan fingerprint density at radius 1 is 1.04 bits per heavy atom. The molecule has 11 nitrogen and oxygen atoms in total. The molecule has 2 rings (SSSR count). The summed E-state index contributed by atoms with van der Waals surface area (Å²) in [7, 11) is 0. The Labute approximate surface area is 147 Å². The van der Waals surface area contributed by atoms with Crippen molar-refractivity contribution in [3.63, 3.8) is 0 Å². The lowest BCUT2D eigenvalue weighted by atomic mass is 10.2. The van der Waals surface area contributed by atoms with E-state index in [1.807, 2.05) is 0 Å². The summed E-state index contributed by atoms with van der Waals surface area (Å²) in [5, 5.41) is 29.3. The highest BCUT2D eigenvalue weighted by Gasteiger charge is 2.32. The van der Waals surface area contributed by atoms with Crippen molar-refractivity contribution in [3.05, 3.63) is 29.8 Å². The maximum absolute atomic E-state index is 11.9. The van der Waals surface area contributed by atoms with E-state index in [0.29, 0.717) is 6.42 Å². The van der Waals surface area contributed by atoms with Crippen LogP contribution in [0.25, 0.3) is 0 Å². The summed E-state index contributed by atoms with van der Waals surface area (Å²) >= 11 is 0. The highest BCUT2D eigenvalue weighted by molar-refractivity contribution is 6.02. The second-order valence-electron chi connectivity index (χ2n) is 5.26. The molecule has 3 amide bonds. The van der Waals surface area contributed by atoms with Crippen LogP contribution in [0, 0.1) is 0 Å². The molecule has 1 aromatic rings. The highest BCUT2D eigenvalue weighted by atomic mass is 16.4. The Hall–Kier alpha value is -3.63.